The third kappa shape index (κ3) is 6.60. The SMILES string of the molecule is CCC(N)[C]1[CH][CH][CH][CH]1.[CH]1[CH][CH][CH][CH]1.[Fe+2]. The van der Waals surface area contributed by atoms with Crippen molar-refractivity contribution >= 4 is 0 Å². The second-order valence-electron chi connectivity index (χ2n) is 3.20. The molecule has 0 saturated heterocycles. The van der Waals surface area contributed by atoms with Crippen molar-refractivity contribution in [3.8, 4) is 0 Å². The Morgan fingerprint density at radius 1 is 0.933 bits per heavy atom. The van der Waals surface area contributed by atoms with Crippen molar-refractivity contribution in [1.82, 2.24) is 0 Å². The fourth-order valence-electron chi connectivity index (χ4n) is 1.19. The van der Waals surface area contributed by atoms with Crippen molar-refractivity contribution in [2.45, 2.75) is 19.4 Å². The molecular weight excluding hydrogens is 226 g/mol. The molecule has 80 valence electrons. The van der Waals surface area contributed by atoms with E-state index in [1.54, 1.807) is 0 Å². The second kappa shape index (κ2) is 9.69. The van der Waals surface area contributed by atoms with Gasteiger partial charge < -0.3 is 5.73 Å². The Labute approximate surface area is 106 Å². The molecule has 2 fully saturated rings. The monoisotopic (exact) mass is 243 g/mol. The van der Waals surface area contributed by atoms with Gasteiger partial charge in [-0.2, -0.15) is 0 Å². The van der Waals surface area contributed by atoms with Gasteiger partial charge in [0.15, 0.2) is 0 Å². The molecule has 1 unspecified atom stereocenters. The summed E-state index contributed by atoms with van der Waals surface area (Å²) in [5.41, 5.74) is 5.74. The maximum atomic E-state index is 5.74. The molecule has 0 amide bonds. The van der Waals surface area contributed by atoms with Crippen LogP contribution in [0.15, 0.2) is 0 Å². The van der Waals surface area contributed by atoms with Gasteiger partial charge in [0, 0.05) is 6.04 Å². The van der Waals surface area contributed by atoms with Crippen molar-refractivity contribution in [1.29, 1.82) is 0 Å². The van der Waals surface area contributed by atoms with Gasteiger partial charge in [-0.25, -0.2) is 0 Å². The maximum Gasteiger partial charge on any atom is 2.00 e. The van der Waals surface area contributed by atoms with Crippen LogP contribution in [0.4, 0.5) is 0 Å². The molecule has 0 aromatic carbocycles. The van der Waals surface area contributed by atoms with Gasteiger partial charge in [-0.3, -0.25) is 0 Å². The molecule has 15 heavy (non-hydrogen) atoms. The molecule has 0 heterocycles. The minimum atomic E-state index is 0. The molecule has 1 atom stereocenters. The summed E-state index contributed by atoms with van der Waals surface area (Å²) in [6.07, 6.45) is 19.2. The number of hydrogen-bond acceptors (Lipinski definition) is 1. The molecule has 2 heteroatoms. The quantitative estimate of drug-likeness (QED) is 0.739. The Bertz CT molecular complexity index is 121. The zero-order valence-corrected chi connectivity index (χ0v) is 10.0. The van der Waals surface area contributed by atoms with Crippen LogP contribution < -0.4 is 5.73 Å². The molecule has 2 aliphatic rings. The molecule has 2 N–H and O–H groups in total. The Morgan fingerprint density at radius 2 is 1.33 bits per heavy atom. The molecule has 2 saturated carbocycles. The van der Waals surface area contributed by atoms with E-state index < -0.39 is 0 Å². The normalized spacial score (nSPS) is 22.8. The first-order chi connectivity index (χ1) is 6.84. The zero-order valence-electron chi connectivity index (χ0n) is 8.91. The van der Waals surface area contributed by atoms with Crippen LogP contribution >= 0.6 is 0 Å². The third-order valence-electron chi connectivity index (χ3n) is 2.11. The summed E-state index contributed by atoms with van der Waals surface area (Å²) in [5, 5.41) is 0. The minimum Gasteiger partial charge on any atom is -0.327 e. The molecule has 0 aromatic rings. The predicted molar refractivity (Wildman–Crippen MR) is 60.2 cm³/mol. The van der Waals surface area contributed by atoms with Crippen molar-refractivity contribution in [3.05, 3.63) is 63.7 Å². The van der Waals surface area contributed by atoms with Gasteiger partial charge in [-0.1, -0.05) is 6.92 Å². The van der Waals surface area contributed by atoms with E-state index in [9.17, 15) is 0 Å². The Hall–Kier alpha value is 0.479. The standard InChI is InChI=1S/C8H12N.C5H5.Fe/c1-2-8(9)7-5-3-4-6-7;1-2-4-5-3-1;/h3-6,8H,2,9H2,1H3;1-5H;/q;;+2. The fraction of sp³-hybridized carbons (Fsp3) is 0.231. The Balaban J connectivity index is 0.000000280. The van der Waals surface area contributed by atoms with Crippen molar-refractivity contribution in [2.75, 3.05) is 0 Å². The number of rotatable bonds is 2. The molecule has 2 aliphatic carbocycles. The van der Waals surface area contributed by atoms with E-state index in [4.69, 9.17) is 5.73 Å². The summed E-state index contributed by atoms with van der Waals surface area (Å²) in [6.45, 7) is 2.09. The Morgan fingerprint density at radius 3 is 1.67 bits per heavy atom. The van der Waals surface area contributed by atoms with Gasteiger partial charge in [0.2, 0.25) is 0 Å². The summed E-state index contributed by atoms with van der Waals surface area (Å²) < 4.78 is 0. The van der Waals surface area contributed by atoms with E-state index in [0.717, 1.165) is 6.42 Å². The van der Waals surface area contributed by atoms with Crippen LogP contribution in [0.3, 0.4) is 0 Å². The largest absolute Gasteiger partial charge is 2.00 e. The van der Waals surface area contributed by atoms with Crippen LogP contribution in [0.25, 0.3) is 0 Å². The molecular formula is C13H17FeN+2. The average molecular weight is 243 g/mol. The molecule has 10 radical (unpaired) electrons. The molecule has 2 rings (SSSR count). The van der Waals surface area contributed by atoms with E-state index in [0.29, 0.717) is 0 Å². The predicted octanol–water partition coefficient (Wildman–Crippen LogP) is 2.15. The van der Waals surface area contributed by atoms with Crippen molar-refractivity contribution in [3.63, 3.8) is 0 Å². The molecule has 0 aromatic heterocycles. The minimum absolute atomic E-state index is 0. The van der Waals surface area contributed by atoms with Gasteiger partial charge in [-0.15, -0.1) is 0 Å². The average Bonchev–Trinajstić information content (AvgIpc) is 2.91. The first-order valence-corrected chi connectivity index (χ1v) is 4.98. The molecule has 0 spiro atoms. The van der Waals surface area contributed by atoms with Gasteiger partial charge in [-0.05, 0) is 70.1 Å². The van der Waals surface area contributed by atoms with E-state index in [1.165, 1.54) is 5.92 Å². The van der Waals surface area contributed by atoms with E-state index in [2.05, 4.69) is 19.8 Å². The fourth-order valence-corrected chi connectivity index (χ4v) is 1.19. The second-order valence-corrected chi connectivity index (χ2v) is 3.20. The topological polar surface area (TPSA) is 26.0 Å². The smallest absolute Gasteiger partial charge is 0.327 e. The summed E-state index contributed by atoms with van der Waals surface area (Å²) in [5.74, 6) is 1.25. The van der Waals surface area contributed by atoms with Gasteiger partial charge in [0.05, 0.1) is 0 Å². The van der Waals surface area contributed by atoms with Crippen molar-refractivity contribution in [2.24, 2.45) is 5.73 Å². The van der Waals surface area contributed by atoms with Crippen LogP contribution in [-0.4, -0.2) is 6.04 Å². The van der Waals surface area contributed by atoms with Crippen LogP contribution in [0.5, 0.6) is 0 Å². The number of hydrogen-bond donors (Lipinski definition) is 1. The number of nitrogens with two attached hydrogens (primary N) is 1. The van der Waals surface area contributed by atoms with Crippen molar-refractivity contribution < 1.29 is 17.1 Å². The van der Waals surface area contributed by atoms with E-state index in [1.807, 2.05) is 44.9 Å². The maximum absolute atomic E-state index is 5.74. The first-order valence-electron chi connectivity index (χ1n) is 4.98. The summed E-state index contributed by atoms with van der Waals surface area (Å²) >= 11 is 0. The van der Waals surface area contributed by atoms with Gasteiger partial charge in [0.25, 0.3) is 0 Å². The first kappa shape index (κ1) is 15.5. The van der Waals surface area contributed by atoms with E-state index in [-0.39, 0.29) is 23.1 Å². The third-order valence-corrected chi connectivity index (χ3v) is 2.11. The summed E-state index contributed by atoms with van der Waals surface area (Å²) in [6, 6.07) is 0.236. The van der Waals surface area contributed by atoms with Gasteiger partial charge in [0.1, 0.15) is 0 Å². The van der Waals surface area contributed by atoms with Crippen LogP contribution in [0.1, 0.15) is 13.3 Å². The molecule has 0 aliphatic heterocycles. The van der Waals surface area contributed by atoms with Gasteiger partial charge >= 0.3 is 17.1 Å². The van der Waals surface area contributed by atoms with Crippen LogP contribution in [0, 0.1) is 63.7 Å². The summed E-state index contributed by atoms with van der Waals surface area (Å²) in [7, 11) is 0. The Kier molecular flexibility index (Phi) is 10.00. The molecule has 1 nitrogen and oxygen atoms in total. The zero-order chi connectivity index (χ0) is 10.2. The molecule has 0 bridgehead atoms. The van der Waals surface area contributed by atoms with E-state index >= 15 is 0 Å². The summed E-state index contributed by atoms with van der Waals surface area (Å²) in [4.78, 5) is 0. The van der Waals surface area contributed by atoms with Crippen LogP contribution in [0.2, 0.25) is 0 Å². The van der Waals surface area contributed by atoms with Crippen LogP contribution in [-0.2, 0) is 17.1 Å².